The minimum absolute atomic E-state index is 0.944. The first-order valence-electron chi connectivity index (χ1n) is 4.76. The maximum atomic E-state index is 2.39. The van der Waals surface area contributed by atoms with Gasteiger partial charge in [-0.05, 0) is 11.8 Å². The van der Waals surface area contributed by atoms with Gasteiger partial charge in [-0.25, -0.2) is 0 Å². The van der Waals surface area contributed by atoms with Crippen LogP contribution in [0.5, 0.6) is 0 Å². The lowest BCUT2D eigenvalue weighted by molar-refractivity contribution is 0.316. The first kappa shape index (κ1) is 10.0. The van der Waals surface area contributed by atoms with Crippen LogP contribution in [0.4, 0.5) is 0 Å². The second kappa shape index (κ2) is 5.76. The molecule has 0 N–H and O–H groups in total. The van der Waals surface area contributed by atoms with E-state index in [1.54, 1.807) is 0 Å². The predicted octanol–water partition coefficient (Wildman–Crippen LogP) is 3.86. The van der Waals surface area contributed by atoms with Crippen LogP contribution in [0.1, 0.15) is 53.4 Å². The van der Waals surface area contributed by atoms with E-state index < -0.39 is 0 Å². The molecule has 1 atom stereocenters. The Morgan fingerprint density at radius 1 is 1.00 bits per heavy atom. The minimum Gasteiger partial charge on any atom is -0.0654 e. The molecule has 0 aliphatic carbocycles. The molecule has 0 spiro atoms. The summed E-state index contributed by atoms with van der Waals surface area (Å²) in [7, 11) is 0. The molecule has 0 aromatic heterocycles. The standard InChI is InChI=1S/C10H22/c1-5-8-9(4)10(6-2)7-3/h9-10H,5-8H2,1-4H3/t9-/m1/s1. The Morgan fingerprint density at radius 2 is 1.50 bits per heavy atom. The van der Waals surface area contributed by atoms with Crippen LogP contribution in [0.25, 0.3) is 0 Å². The van der Waals surface area contributed by atoms with Crippen LogP contribution < -0.4 is 0 Å². The zero-order valence-electron chi connectivity index (χ0n) is 7.98. The van der Waals surface area contributed by atoms with Gasteiger partial charge in [-0.15, -0.1) is 0 Å². The summed E-state index contributed by atoms with van der Waals surface area (Å²) in [5, 5.41) is 0. The summed E-state index contributed by atoms with van der Waals surface area (Å²) in [5.74, 6) is 1.92. The molecule has 0 radical (unpaired) electrons. The summed E-state index contributed by atoms with van der Waals surface area (Å²) in [6.45, 7) is 9.28. The third kappa shape index (κ3) is 3.24. The molecule has 0 fully saturated rings. The van der Waals surface area contributed by atoms with Crippen molar-refractivity contribution in [2.45, 2.75) is 53.4 Å². The Labute approximate surface area is 66.0 Å². The summed E-state index contributed by atoms with van der Waals surface area (Å²) >= 11 is 0. The lowest BCUT2D eigenvalue weighted by atomic mass is 9.86. The van der Waals surface area contributed by atoms with E-state index in [0.717, 1.165) is 11.8 Å². The van der Waals surface area contributed by atoms with Crippen LogP contribution >= 0.6 is 0 Å². The Hall–Kier alpha value is 0. The molecule has 0 heterocycles. The van der Waals surface area contributed by atoms with Gasteiger partial charge in [0.25, 0.3) is 0 Å². The lowest BCUT2D eigenvalue weighted by Gasteiger charge is -2.19. The van der Waals surface area contributed by atoms with Gasteiger partial charge >= 0.3 is 0 Å². The van der Waals surface area contributed by atoms with E-state index >= 15 is 0 Å². The lowest BCUT2D eigenvalue weighted by Crippen LogP contribution is -2.08. The molecule has 0 saturated carbocycles. The van der Waals surface area contributed by atoms with E-state index in [1.807, 2.05) is 0 Å². The van der Waals surface area contributed by atoms with Crippen LogP contribution in [0.2, 0.25) is 0 Å². The predicted molar refractivity (Wildman–Crippen MR) is 48.1 cm³/mol. The molecule has 0 saturated heterocycles. The van der Waals surface area contributed by atoms with Crippen molar-refractivity contribution in [3.05, 3.63) is 0 Å². The molecule has 10 heavy (non-hydrogen) atoms. The Kier molecular flexibility index (Phi) is 5.76. The van der Waals surface area contributed by atoms with Gasteiger partial charge in [0.15, 0.2) is 0 Å². The highest BCUT2D eigenvalue weighted by Crippen LogP contribution is 2.22. The number of hydrogen-bond donors (Lipinski definition) is 0. The number of hydrogen-bond acceptors (Lipinski definition) is 0. The highest BCUT2D eigenvalue weighted by atomic mass is 14.2. The highest BCUT2D eigenvalue weighted by Gasteiger charge is 2.11. The quantitative estimate of drug-likeness (QED) is 0.547. The van der Waals surface area contributed by atoms with Crippen molar-refractivity contribution >= 4 is 0 Å². The van der Waals surface area contributed by atoms with E-state index in [1.165, 1.54) is 25.7 Å². The molecule has 62 valence electrons. The van der Waals surface area contributed by atoms with Gasteiger partial charge in [-0.3, -0.25) is 0 Å². The third-order valence-electron chi connectivity index (χ3n) is 2.60. The molecular formula is C10H22. The number of rotatable bonds is 5. The van der Waals surface area contributed by atoms with Crippen molar-refractivity contribution in [3.8, 4) is 0 Å². The topological polar surface area (TPSA) is 0 Å². The van der Waals surface area contributed by atoms with Gasteiger partial charge < -0.3 is 0 Å². The first-order chi connectivity index (χ1) is 4.76. The molecule has 0 aliphatic rings. The second-order valence-electron chi connectivity index (χ2n) is 3.34. The van der Waals surface area contributed by atoms with Crippen LogP contribution in [0.3, 0.4) is 0 Å². The summed E-state index contributed by atoms with van der Waals surface area (Å²) in [6, 6.07) is 0. The fraction of sp³-hybridized carbons (Fsp3) is 1.00. The molecule has 0 aliphatic heterocycles. The SMILES string of the molecule is CCC[C@@H](C)C(CC)CC. The van der Waals surface area contributed by atoms with E-state index in [0.29, 0.717) is 0 Å². The Balaban J connectivity index is 3.53. The van der Waals surface area contributed by atoms with Crippen LogP contribution in [0, 0.1) is 11.8 Å². The van der Waals surface area contributed by atoms with E-state index in [2.05, 4.69) is 27.7 Å². The van der Waals surface area contributed by atoms with Crippen molar-refractivity contribution in [3.63, 3.8) is 0 Å². The molecular weight excluding hydrogens is 120 g/mol. The molecule has 0 amide bonds. The summed E-state index contributed by atoms with van der Waals surface area (Å²) in [4.78, 5) is 0. The maximum absolute atomic E-state index is 2.39. The van der Waals surface area contributed by atoms with Crippen molar-refractivity contribution in [2.75, 3.05) is 0 Å². The second-order valence-corrected chi connectivity index (χ2v) is 3.34. The van der Waals surface area contributed by atoms with Gasteiger partial charge in [-0.2, -0.15) is 0 Å². The van der Waals surface area contributed by atoms with Crippen LogP contribution in [-0.4, -0.2) is 0 Å². The van der Waals surface area contributed by atoms with Crippen molar-refractivity contribution in [1.82, 2.24) is 0 Å². The Morgan fingerprint density at radius 3 is 1.80 bits per heavy atom. The van der Waals surface area contributed by atoms with Gasteiger partial charge in [0.2, 0.25) is 0 Å². The molecule has 0 rings (SSSR count). The van der Waals surface area contributed by atoms with Crippen molar-refractivity contribution in [2.24, 2.45) is 11.8 Å². The molecule has 0 nitrogen and oxygen atoms in total. The van der Waals surface area contributed by atoms with Gasteiger partial charge in [0.05, 0.1) is 0 Å². The average molecular weight is 142 g/mol. The fourth-order valence-electron chi connectivity index (χ4n) is 1.78. The fourth-order valence-corrected chi connectivity index (χ4v) is 1.78. The summed E-state index contributed by atoms with van der Waals surface area (Å²) in [6.07, 6.45) is 5.47. The van der Waals surface area contributed by atoms with E-state index in [9.17, 15) is 0 Å². The third-order valence-corrected chi connectivity index (χ3v) is 2.60. The van der Waals surface area contributed by atoms with Crippen LogP contribution in [-0.2, 0) is 0 Å². The molecule has 0 aromatic rings. The summed E-state index contributed by atoms with van der Waals surface area (Å²) < 4.78 is 0. The van der Waals surface area contributed by atoms with Crippen molar-refractivity contribution in [1.29, 1.82) is 0 Å². The normalized spacial score (nSPS) is 14.1. The smallest absolute Gasteiger partial charge is 0.0394 e. The Bertz CT molecular complexity index is 62.4. The minimum atomic E-state index is 0.944. The first-order valence-corrected chi connectivity index (χ1v) is 4.76. The largest absolute Gasteiger partial charge is 0.0654 e. The highest BCUT2D eigenvalue weighted by molar-refractivity contribution is 4.62. The molecule has 0 unspecified atom stereocenters. The van der Waals surface area contributed by atoms with E-state index in [4.69, 9.17) is 0 Å². The maximum Gasteiger partial charge on any atom is -0.0394 e. The zero-order valence-corrected chi connectivity index (χ0v) is 7.98. The van der Waals surface area contributed by atoms with Gasteiger partial charge in [0.1, 0.15) is 0 Å². The van der Waals surface area contributed by atoms with Crippen LogP contribution in [0.15, 0.2) is 0 Å². The van der Waals surface area contributed by atoms with Gasteiger partial charge in [0, 0.05) is 0 Å². The monoisotopic (exact) mass is 142 g/mol. The molecule has 0 heteroatoms. The van der Waals surface area contributed by atoms with E-state index in [-0.39, 0.29) is 0 Å². The van der Waals surface area contributed by atoms with Crippen molar-refractivity contribution < 1.29 is 0 Å². The summed E-state index contributed by atoms with van der Waals surface area (Å²) in [5.41, 5.74) is 0. The average Bonchev–Trinajstić information content (AvgIpc) is 1.91. The van der Waals surface area contributed by atoms with Gasteiger partial charge in [-0.1, -0.05) is 53.4 Å². The zero-order chi connectivity index (χ0) is 7.98. The molecule has 0 aromatic carbocycles. The molecule has 0 bridgehead atoms.